The molecule has 1 fully saturated rings. The van der Waals surface area contributed by atoms with Gasteiger partial charge in [0.2, 0.25) is 11.7 Å². The van der Waals surface area contributed by atoms with E-state index in [0.29, 0.717) is 30.6 Å². The number of hydrogen-bond acceptors (Lipinski definition) is 6. The fraction of sp³-hybridized carbons (Fsp3) is 0.300. The summed E-state index contributed by atoms with van der Waals surface area (Å²) in [7, 11) is 0. The number of ether oxygens (including phenoxy) is 1. The molecule has 0 saturated carbocycles. The van der Waals surface area contributed by atoms with Gasteiger partial charge in [0.1, 0.15) is 5.75 Å². The monoisotopic (exact) mass is 364 g/mol. The average Bonchev–Trinajstić information content (AvgIpc) is 3.24. The number of benzene rings is 1. The molecule has 0 unspecified atom stereocenters. The van der Waals surface area contributed by atoms with Gasteiger partial charge in [-0.15, -0.1) is 0 Å². The first kappa shape index (κ1) is 17.2. The predicted molar refractivity (Wildman–Crippen MR) is 98.0 cm³/mol. The van der Waals surface area contributed by atoms with E-state index in [2.05, 4.69) is 15.1 Å². The van der Waals surface area contributed by atoms with Gasteiger partial charge in [-0.1, -0.05) is 23.4 Å². The van der Waals surface area contributed by atoms with E-state index >= 15 is 0 Å². The van der Waals surface area contributed by atoms with E-state index in [0.717, 1.165) is 18.4 Å². The molecule has 0 aliphatic carbocycles. The number of carbonyl (C=O) groups is 1. The summed E-state index contributed by atoms with van der Waals surface area (Å²) >= 11 is 0. The molecule has 0 spiro atoms. The highest BCUT2D eigenvalue weighted by molar-refractivity contribution is 5.77. The zero-order chi connectivity index (χ0) is 18.5. The molecule has 138 valence electrons. The van der Waals surface area contributed by atoms with Crippen LogP contribution in [-0.2, 0) is 4.79 Å². The number of carbonyl (C=O) groups excluding carboxylic acids is 1. The van der Waals surface area contributed by atoms with Crippen LogP contribution in [0.25, 0.3) is 11.4 Å². The number of aromatic nitrogens is 3. The second-order valence-corrected chi connectivity index (χ2v) is 6.45. The van der Waals surface area contributed by atoms with E-state index in [9.17, 15) is 4.79 Å². The Labute approximate surface area is 157 Å². The first-order chi connectivity index (χ1) is 13.3. The molecular weight excluding hydrogens is 344 g/mol. The third-order valence-electron chi connectivity index (χ3n) is 4.68. The first-order valence-corrected chi connectivity index (χ1v) is 8.99. The van der Waals surface area contributed by atoms with Crippen molar-refractivity contribution in [2.45, 2.75) is 18.8 Å². The molecule has 4 rings (SSSR count). The largest absolute Gasteiger partial charge is 0.484 e. The van der Waals surface area contributed by atoms with Gasteiger partial charge in [-0.2, -0.15) is 4.98 Å². The molecule has 27 heavy (non-hydrogen) atoms. The molecule has 3 heterocycles. The van der Waals surface area contributed by atoms with Gasteiger partial charge >= 0.3 is 0 Å². The van der Waals surface area contributed by atoms with Crippen molar-refractivity contribution in [3.63, 3.8) is 0 Å². The van der Waals surface area contributed by atoms with Gasteiger partial charge in [0.25, 0.3) is 5.91 Å². The van der Waals surface area contributed by atoms with Crippen LogP contribution in [0.3, 0.4) is 0 Å². The topological polar surface area (TPSA) is 81.4 Å². The predicted octanol–water partition coefficient (Wildman–Crippen LogP) is 2.92. The normalized spacial score (nSPS) is 14.9. The minimum Gasteiger partial charge on any atom is -0.484 e. The number of nitrogens with zero attached hydrogens (tertiary/aromatic N) is 4. The number of rotatable bonds is 5. The summed E-state index contributed by atoms with van der Waals surface area (Å²) in [6.45, 7) is 1.38. The molecule has 1 aliphatic heterocycles. The summed E-state index contributed by atoms with van der Waals surface area (Å²) in [5.74, 6) is 2.08. The Kier molecular flexibility index (Phi) is 5.09. The van der Waals surface area contributed by atoms with Gasteiger partial charge in [-0.05, 0) is 37.1 Å². The van der Waals surface area contributed by atoms with E-state index in [-0.39, 0.29) is 18.4 Å². The summed E-state index contributed by atoms with van der Waals surface area (Å²) in [5, 5.41) is 4.06. The van der Waals surface area contributed by atoms with Crippen molar-refractivity contribution in [1.82, 2.24) is 20.0 Å². The molecular formula is C20H20N4O3. The zero-order valence-corrected chi connectivity index (χ0v) is 14.8. The van der Waals surface area contributed by atoms with E-state index in [1.807, 2.05) is 47.4 Å². The minimum absolute atomic E-state index is 0.000284. The van der Waals surface area contributed by atoms with Gasteiger partial charge < -0.3 is 14.2 Å². The molecule has 7 nitrogen and oxygen atoms in total. The number of para-hydroxylation sites is 1. The van der Waals surface area contributed by atoms with Gasteiger partial charge in [0.15, 0.2) is 6.61 Å². The molecule has 3 aromatic rings. The second kappa shape index (κ2) is 7.99. The van der Waals surface area contributed by atoms with Crippen molar-refractivity contribution in [3.8, 4) is 17.1 Å². The van der Waals surface area contributed by atoms with Gasteiger partial charge in [-0.3, -0.25) is 9.78 Å². The Balaban J connectivity index is 1.30. The van der Waals surface area contributed by atoms with Crippen molar-refractivity contribution in [2.75, 3.05) is 19.7 Å². The van der Waals surface area contributed by atoms with Crippen LogP contribution in [0, 0.1) is 0 Å². The molecule has 0 radical (unpaired) electrons. The van der Waals surface area contributed by atoms with Crippen LogP contribution in [-0.4, -0.2) is 45.6 Å². The number of piperidine rings is 1. The second-order valence-electron chi connectivity index (χ2n) is 6.45. The van der Waals surface area contributed by atoms with E-state index in [4.69, 9.17) is 9.26 Å². The molecule has 1 saturated heterocycles. The van der Waals surface area contributed by atoms with Crippen molar-refractivity contribution in [2.24, 2.45) is 0 Å². The smallest absolute Gasteiger partial charge is 0.260 e. The third kappa shape index (κ3) is 4.13. The lowest BCUT2D eigenvalue weighted by atomic mass is 9.97. The molecule has 0 bridgehead atoms. The summed E-state index contributed by atoms with van der Waals surface area (Å²) in [6, 6.07) is 13.1. The van der Waals surface area contributed by atoms with Crippen LogP contribution >= 0.6 is 0 Å². The first-order valence-electron chi connectivity index (χ1n) is 8.99. The highest BCUT2D eigenvalue weighted by Gasteiger charge is 2.27. The lowest BCUT2D eigenvalue weighted by Crippen LogP contribution is -2.40. The van der Waals surface area contributed by atoms with E-state index in [1.165, 1.54) is 0 Å². The molecule has 0 N–H and O–H groups in total. The molecule has 7 heteroatoms. The molecule has 0 atom stereocenters. The summed E-state index contributed by atoms with van der Waals surface area (Å²) in [4.78, 5) is 22.7. The lowest BCUT2D eigenvalue weighted by Gasteiger charge is -2.30. The maximum absolute atomic E-state index is 12.3. The van der Waals surface area contributed by atoms with E-state index < -0.39 is 0 Å². The Morgan fingerprint density at radius 3 is 2.59 bits per heavy atom. The highest BCUT2D eigenvalue weighted by atomic mass is 16.5. The molecule has 2 aromatic heterocycles. The maximum atomic E-state index is 12.3. The van der Waals surface area contributed by atoms with Crippen LogP contribution in [0.1, 0.15) is 24.7 Å². The quantitative estimate of drug-likeness (QED) is 0.692. The van der Waals surface area contributed by atoms with Crippen molar-refractivity contribution < 1.29 is 14.1 Å². The van der Waals surface area contributed by atoms with Crippen molar-refractivity contribution in [3.05, 3.63) is 60.7 Å². The maximum Gasteiger partial charge on any atom is 0.260 e. The van der Waals surface area contributed by atoms with Gasteiger partial charge in [-0.25, -0.2) is 0 Å². The van der Waals surface area contributed by atoms with Crippen LogP contribution in [0.4, 0.5) is 0 Å². The Morgan fingerprint density at radius 1 is 1.11 bits per heavy atom. The van der Waals surface area contributed by atoms with Crippen molar-refractivity contribution in [1.29, 1.82) is 0 Å². The SMILES string of the molecule is O=C(COc1ccccc1)N1CCC(c2nc(-c3ccncc3)no2)CC1. The number of likely N-dealkylation sites (tertiary alicyclic amines) is 1. The summed E-state index contributed by atoms with van der Waals surface area (Å²) < 4.78 is 11.0. The highest BCUT2D eigenvalue weighted by Crippen LogP contribution is 2.28. The van der Waals surface area contributed by atoms with E-state index in [1.54, 1.807) is 12.4 Å². The van der Waals surface area contributed by atoms with Crippen LogP contribution in [0.15, 0.2) is 59.4 Å². The summed E-state index contributed by atoms with van der Waals surface area (Å²) in [5.41, 5.74) is 0.880. The molecule has 1 aliphatic rings. The lowest BCUT2D eigenvalue weighted by molar-refractivity contribution is -0.134. The fourth-order valence-corrected chi connectivity index (χ4v) is 3.15. The van der Waals surface area contributed by atoms with Crippen LogP contribution in [0.5, 0.6) is 5.75 Å². The fourth-order valence-electron chi connectivity index (χ4n) is 3.15. The Morgan fingerprint density at radius 2 is 1.85 bits per heavy atom. The van der Waals surface area contributed by atoms with Gasteiger partial charge in [0.05, 0.1) is 0 Å². The third-order valence-corrected chi connectivity index (χ3v) is 4.68. The standard InChI is InChI=1S/C20H20N4O3/c25-18(14-26-17-4-2-1-3-5-17)24-12-8-16(9-13-24)20-22-19(23-27-20)15-6-10-21-11-7-15/h1-7,10-11,16H,8-9,12-14H2. The van der Waals surface area contributed by atoms with Gasteiger partial charge in [0, 0.05) is 37.0 Å². The Hall–Kier alpha value is -3.22. The zero-order valence-electron chi connectivity index (χ0n) is 14.8. The minimum atomic E-state index is 0.000284. The molecule has 1 amide bonds. The number of amides is 1. The Bertz CT molecular complexity index is 875. The van der Waals surface area contributed by atoms with Crippen LogP contribution in [0.2, 0.25) is 0 Å². The van der Waals surface area contributed by atoms with Crippen molar-refractivity contribution >= 4 is 5.91 Å². The summed E-state index contributed by atoms with van der Waals surface area (Å²) in [6.07, 6.45) is 5.00. The molecule has 1 aromatic carbocycles. The average molecular weight is 364 g/mol. The number of hydrogen-bond donors (Lipinski definition) is 0. The number of pyridine rings is 1. The van der Waals surface area contributed by atoms with Crippen LogP contribution < -0.4 is 4.74 Å².